The average Bonchev–Trinajstić information content (AvgIpc) is 3.67. The van der Waals surface area contributed by atoms with Crippen LogP contribution in [0.25, 0.3) is 22.4 Å². The predicted octanol–water partition coefficient (Wildman–Crippen LogP) is 4.04. The largest absolute Gasteiger partial charge is 0.490 e. The Morgan fingerprint density at radius 1 is 0.952 bits per heavy atom. The van der Waals surface area contributed by atoms with Gasteiger partial charge in [-0.05, 0) is 36.8 Å². The number of nitrogens with zero attached hydrogens (tertiary/aromatic N) is 5. The van der Waals surface area contributed by atoms with Crippen molar-refractivity contribution in [1.29, 1.82) is 0 Å². The van der Waals surface area contributed by atoms with Crippen molar-refractivity contribution in [3.05, 3.63) is 60.3 Å². The van der Waals surface area contributed by atoms with Crippen molar-refractivity contribution in [1.82, 2.24) is 30.0 Å². The molecule has 224 valence electrons. The van der Waals surface area contributed by atoms with Gasteiger partial charge >= 0.3 is 24.3 Å². The van der Waals surface area contributed by atoms with Gasteiger partial charge in [-0.3, -0.25) is 9.78 Å². The summed E-state index contributed by atoms with van der Waals surface area (Å²) in [5, 5.41) is 18.3. The smallest absolute Gasteiger partial charge is 0.475 e. The Labute approximate surface area is 228 Å². The van der Waals surface area contributed by atoms with Crippen molar-refractivity contribution in [2.24, 2.45) is 0 Å². The van der Waals surface area contributed by atoms with Crippen molar-refractivity contribution < 1.29 is 59.9 Å². The van der Waals surface area contributed by atoms with Gasteiger partial charge in [0.15, 0.2) is 5.82 Å². The number of likely N-dealkylation sites (tertiary alicyclic amines) is 1. The average molecular weight is 606 g/mol. The summed E-state index contributed by atoms with van der Waals surface area (Å²) in [4.78, 5) is 47.9. The fraction of sp³-hybridized carbons (Fsp3) is 0.261. The van der Waals surface area contributed by atoms with Crippen molar-refractivity contribution in [2.45, 2.75) is 24.7 Å². The number of carboxylic acid groups (broad SMARTS) is 2. The molecule has 1 atom stereocenters. The number of aliphatic carboxylic acids is 2. The number of rotatable bonds is 3. The van der Waals surface area contributed by atoms with Crippen LogP contribution < -0.4 is 0 Å². The van der Waals surface area contributed by atoms with Gasteiger partial charge in [0.2, 0.25) is 11.7 Å². The van der Waals surface area contributed by atoms with Gasteiger partial charge in [0, 0.05) is 31.0 Å². The number of halogens is 7. The number of nitrogens with one attached hydrogen (secondary N) is 1. The van der Waals surface area contributed by atoms with Crippen molar-refractivity contribution in [3.63, 3.8) is 0 Å². The lowest BCUT2D eigenvalue weighted by atomic mass is 10.1. The molecule has 3 aromatic heterocycles. The summed E-state index contributed by atoms with van der Waals surface area (Å²) in [5.74, 6) is -4.95. The van der Waals surface area contributed by atoms with Gasteiger partial charge in [-0.15, -0.1) is 0 Å². The number of benzene rings is 1. The molecule has 4 aromatic rings. The first-order valence-electron chi connectivity index (χ1n) is 11.3. The van der Waals surface area contributed by atoms with Crippen LogP contribution in [0.2, 0.25) is 0 Å². The minimum absolute atomic E-state index is 0.0335. The molecule has 1 unspecified atom stereocenters. The first kappa shape index (κ1) is 31.4. The molecule has 12 nitrogen and oxygen atoms in total. The quantitative estimate of drug-likeness (QED) is 0.289. The van der Waals surface area contributed by atoms with Crippen molar-refractivity contribution in [2.75, 3.05) is 13.1 Å². The van der Waals surface area contributed by atoms with Crippen LogP contribution in [0, 0.1) is 5.82 Å². The van der Waals surface area contributed by atoms with Gasteiger partial charge in [0.1, 0.15) is 5.82 Å². The van der Waals surface area contributed by atoms with E-state index in [1.807, 2.05) is 12.1 Å². The maximum Gasteiger partial charge on any atom is 0.490 e. The number of pyridine rings is 1. The number of hydrogen-bond acceptors (Lipinski definition) is 8. The fourth-order valence-corrected chi connectivity index (χ4v) is 3.40. The fourth-order valence-electron chi connectivity index (χ4n) is 3.40. The lowest BCUT2D eigenvalue weighted by molar-refractivity contribution is -0.193. The van der Waals surface area contributed by atoms with Crippen LogP contribution in [0.4, 0.5) is 30.7 Å². The molecule has 19 heteroatoms. The highest BCUT2D eigenvalue weighted by molar-refractivity contribution is 5.94. The number of carboxylic acids is 2. The van der Waals surface area contributed by atoms with Gasteiger partial charge in [0.25, 0.3) is 5.91 Å². The summed E-state index contributed by atoms with van der Waals surface area (Å²) in [5.41, 5.74) is 1.88. The highest BCUT2D eigenvalue weighted by Gasteiger charge is 2.39. The second-order valence-electron chi connectivity index (χ2n) is 8.28. The molecule has 42 heavy (non-hydrogen) atoms. The zero-order chi connectivity index (χ0) is 31.2. The number of amides is 1. The van der Waals surface area contributed by atoms with Crippen LogP contribution in [0.15, 0.2) is 47.2 Å². The molecule has 0 radical (unpaired) electrons. The van der Waals surface area contributed by atoms with E-state index in [4.69, 9.17) is 24.3 Å². The van der Waals surface area contributed by atoms with E-state index in [9.17, 15) is 35.5 Å². The number of imidazole rings is 1. The number of carbonyl (C=O) groups excluding carboxylic acids is 1. The number of H-pyrrole nitrogens is 1. The molecule has 1 aliphatic heterocycles. The van der Waals surface area contributed by atoms with Crippen LogP contribution in [0.1, 0.15) is 28.8 Å². The summed E-state index contributed by atoms with van der Waals surface area (Å²) in [6.07, 6.45) is -6.11. The highest BCUT2D eigenvalue weighted by atomic mass is 19.4. The second-order valence-corrected chi connectivity index (χ2v) is 8.28. The Hall–Kier alpha value is -5.10. The molecule has 1 fully saturated rings. The second kappa shape index (κ2) is 12.6. The Balaban J connectivity index is 0.000000289. The van der Waals surface area contributed by atoms with Crippen molar-refractivity contribution in [3.8, 4) is 11.4 Å². The zero-order valence-corrected chi connectivity index (χ0v) is 20.6. The standard InChI is InChI=1S/C19H15FN6O2.2C2HF3O2/c20-13-1-2-14-15(9-13)23-17(22-14)19(27)26-8-5-12(10-26)18-24-16(25-28-18)11-3-6-21-7-4-11;2*3-2(4,5)1(6)7/h1-4,6-7,9,12H,5,8,10H2,(H,22,23);2*(H,6,7). The third-order valence-electron chi connectivity index (χ3n) is 5.34. The van der Waals surface area contributed by atoms with Crippen LogP contribution in [0.3, 0.4) is 0 Å². The minimum atomic E-state index is -5.08. The van der Waals surface area contributed by atoms with E-state index < -0.39 is 24.3 Å². The lowest BCUT2D eigenvalue weighted by Gasteiger charge is -2.13. The third-order valence-corrected chi connectivity index (χ3v) is 5.34. The SMILES string of the molecule is O=C(O)C(F)(F)F.O=C(O)C(F)(F)F.O=C(c1nc2ccc(F)cc2[nH]1)N1CCC(c2nc(-c3ccncc3)no2)C1. The zero-order valence-electron chi connectivity index (χ0n) is 20.6. The van der Waals surface area contributed by atoms with Crippen LogP contribution in [-0.2, 0) is 9.59 Å². The molecule has 0 aliphatic carbocycles. The molecule has 1 aliphatic rings. The Morgan fingerprint density at radius 2 is 1.55 bits per heavy atom. The summed E-state index contributed by atoms with van der Waals surface area (Å²) in [7, 11) is 0. The Kier molecular flexibility index (Phi) is 9.43. The topological polar surface area (TPSA) is 175 Å². The molecule has 4 heterocycles. The lowest BCUT2D eigenvalue weighted by Crippen LogP contribution is -2.29. The maximum atomic E-state index is 13.3. The van der Waals surface area contributed by atoms with Gasteiger partial charge in [-0.2, -0.15) is 31.3 Å². The first-order chi connectivity index (χ1) is 19.6. The summed E-state index contributed by atoms with van der Waals surface area (Å²) in [6.45, 7) is 1.02. The molecule has 1 saturated heterocycles. The summed E-state index contributed by atoms with van der Waals surface area (Å²) < 4.78 is 82.2. The van der Waals surface area contributed by atoms with Crippen molar-refractivity contribution >= 4 is 28.9 Å². The van der Waals surface area contributed by atoms with Crippen LogP contribution in [0.5, 0.6) is 0 Å². The molecule has 3 N–H and O–H groups in total. The van der Waals surface area contributed by atoms with Crippen LogP contribution in [-0.4, -0.2) is 83.5 Å². The number of fused-ring (bicyclic) bond motifs is 1. The molecule has 5 rings (SSSR count). The number of alkyl halides is 6. The Bertz CT molecular complexity index is 1530. The predicted molar refractivity (Wildman–Crippen MR) is 124 cm³/mol. The maximum absolute atomic E-state index is 13.3. The highest BCUT2D eigenvalue weighted by Crippen LogP contribution is 2.28. The van der Waals surface area contributed by atoms with E-state index in [2.05, 4.69) is 25.1 Å². The normalized spacial score (nSPS) is 14.9. The molecule has 1 amide bonds. The van der Waals surface area contributed by atoms with E-state index in [0.717, 1.165) is 12.0 Å². The van der Waals surface area contributed by atoms with Gasteiger partial charge in [-0.25, -0.2) is 19.0 Å². The monoisotopic (exact) mass is 606 g/mol. The van der Waals surface area contributed by atoms with Gasteiger partial charge in [-0.1, -0.05) is 5.16 Å². The Morgan fingerprint density at radius 3 is 2.12 bits per heavy atom. The van der Waals surface area contributed by atoms with E-state index in [-0.39, 0.29) is 23.5 Å². The van der Waals surface area contributed by atoms with E-state index >= 15 is 0 Å². The number of aromatic nitrogens is 5. The van der Waals surface area contributed by atoms with Gasteiger partial charge in [0.05, 0.1) is 17.0 Å². The molecule has 0 saturated carbocycles. The van der Waals surface area contributed by atoms with Crippen LogP contribution >= 0.6 is 0 Å². The molecular formula is C23H17F7N6O6. The van der Waals surface area contributed by atoms with E-state index in [1.54, 1.807) is 23.4 Å². The molecule has 0 bridgehead atoms. The first-order valence-corrected chi connectivity index (χ1v) is 11.3. The number of hydrogen-bond donors (Lipinski definition) is 3. The summed E-state index contributed by atoms with van der Waals surface area (Å²) >= 11 is 0. The molecule has 1 aromatic carbocycles. The van der Waals surface area contributed by atoms with E-state index in [0.29, 0.717) is 35.8 Å². The third kappa shape index (κ3) is 8.21. The number of carbonyl (C=O) groups is 3. The molecular weight excluding hydrogens is 589 g/mol. The van der Waals surface area contributed by atoms with Gasteiger partial charge < -0.3 is 24.6 Å². The number of aromatic amines is 1. The summed E-state index contributed by atoms with van der Waals surface area (Å²) in [6, 6.07) is 7.81. The van der Waals surface area contributed by atoms with E-state index in [1.165, 1.54) is 12.1 Å². The molecule has 0 spiro atoms. The minimum Gasteiger partial charge on any atom is -0.475 e.